The lowest BCUT2D eigenvalue weighted by molar-refractivity contribution is -0.385. The number of ether oxygens (including phenoxy) is 2. The Labute approximate surface area is 159 Å². The van der Waals surface area contributed by atoms with Gasteiger partial charge in [-0.2, -0.15) is 0 Å². The smallest absolute Gasteiger partial charge is 0.311 e. The van der Waals surface area contributed by atoms with Gasteiger partial charge in [0.1, 0.15) is 4.32 Å². The zero-order valence-corrected chi connectivity index (χ0v) is 15.7. The van der Waals surface area contributed by atoms with Crippen molar-refractivity contribution in [2.45, 2.75) is 12.8 Å². The van der Waals surface area contributed by atoms with Crippen LogP contribution >= 0.6 is 24.0 Å². The molecule has 2 rings (SSSR count). The molecule has 10 heteroatoms. The molecule has 0 atom stereocenters. The molecule has 1 aliphatic heterocycles. The van der Waals surface area contributed by atoms with E-state index in [1.54, 1.807) is 12.1 Å². The number of carbonyl (C=O) groups excluding carboxylic acids is 2. The molecule has 1 amide bonds. The van der Waals surface area contributed by atoms with Crippen LogP contribution in [0.25, 0.3) is 6.08 Å². The van der Waals surface area contributed by atoms with Crippen molar-refractivity contribution in [3.63, 3.8) is 0 Å². The molecule has 1 aromatic carbocycles. The number of carbonyl (C=O) groups is 2. The summed E-state index contributed by atoms with van der Waals surface area (Å²) in [6.45, 7) is 0.305. The summed E-state index contributed by atoms with van der Waals surface area (Å²) in [5.74, 6) is -0.498. The Balaban J connectivity index is 2.15. The van der Waals surface area contributed by atoms with Gasteiger partial charge < -0.3 is 9.47 Å². The number of benzene rings is 1. The lowest BCUT2D eigenvalue weighted by Crippen LogP contribution is -2.29. The Kier molecular flexibility index (Phi) is 6.70. The van der Waals surface area contributed by atoms with E-state index in [1.165, 1.54) is 31.3 Å². The molecule has 26 heavy (non-hydrogen) atoms. The third-order valence-electron chi connectivity index (χ3n) is 3.56. The molecule has 0 aromatic heterocycles. The summed E-state index contributed by atoms with van der Waals surface area (Å²) in [5.41, 5.74) is 0.308. The van der Waals surface area contributed by atoms with Gasteiger partial charge in [0.2, 0.25) is 0 Å². The molecule has 1 saturated heterocycles. The quantitative estimate of drug-likeness (QED) is 0.228. The van der Waals surface area contributed by atoms with Crippen LogP contribution in [0.4, 0.5) is 5.69 Å². The molecule has 0 unspecified atom stereocenters. The van der Waals surface area contributed by atoms with Crippen LogP contribution < -0.4 is 4.74 Å². The number of methoxy groups -OCH3 is 2. The number of hydrogen-bond donors (Lipinski definition) is 0. The summed E-state index contributed by atoms with van der Waals surface area (Å²) in [5, 5.41) is 11.1. The van der Waals surface area contributed by atoms with Crippen LogP contribution in [0.5, 0.6) is 5.75 Å². The Bertz CT molecular complexity index is 793. The van der Waals surface area contributed by atoms with Crippen LogP contribution in [0.15, 0.2) is 23.1 Å². The highest BCUT2D eigenvalue weighted by Crippen LogP contribution is 2.34. The SMILES string of the molecule is COC(=O)CCCN1C(=O)/C(=C/c2ccc(OC)c([N+](=O)[O-])c2)SC1=S. The van der Waals surface area contributed by atoms with Gasteiger partial charge in [-0.05, 0) is 24.1 Å². The number of esters is 1. The predicted molar refractivity (Wildman–Crippen MR) is 101 cm³/mol. The molecule has 138 valence electrons. The third-order valence-corrected chi connectivity index (χ3v) is 4.94. The number of nitro groups is 1. The molecule has 1 fully saturated rings. The number of amides is 1. The normalized spacial score (nSPS) is 15.5. The maximum Gasteiger partial charge on any atom is 0.311 e. The van der Waals surface area contributed by atoms with Gasteiger partial charge >= 0.3 is 11.7 Å². The average Bonchev–Trinajstić information content (AvgIpc) is 2.88. The zero-order chi connectivity index (χ0) is 19.3. The molecule has 8 nitrogen and oxygen atoms in total. The Morgan fingerprint density at radius 2 is 2.15 bits per heavy atom. The van der Waals surface area contributed by atoms with Crippen LogP contribution in [0, 0.1) is 10.1 Å². The van der Waals surface area contributed by atoms with Crippen molar-refractivity contribution >= 4 is 51.9 Å². The molecule has 0 N–H and O–H groups in total. The molecule has 0 saturated carbocycles. The first-order valence-corrected chi connectivity index (χ1v) is 8.74. The standard InChI is InChI=1S/C16H16N2O6S2/c1-23-12-6-5-10(8-11(12)18(21)22)9-13-15(20)17(16(25)26-13)7-3-4-14(19)24-2/h5-6,8-9H,3-4,7H2,1-2H3/b13-9-. The highest BCUT2D eigenvalue weighted by atomic mass is 32.2. The first-order chi connectivity index (χ1) is 12.4. The van der Waals surface area contributed by atoms with E-state index in [9.17, 15) is 19.7 Å². The van der Waals surface area contributed by atoms with Crippen LogP contribution in [-0.4, -0.2) is 46.8 Å². The van der Waals surface area contributed by atoms with E-state index in [-0.39, 0.29) is 29.7 Å². The molecule has 1 heterocycles. The molecule has 0 radical (unpaired) electrons. The van der Waals surface area contributed by atoms with Gasteiger partial charge in [-0.25, -0.2) is 0 Å². The van der Waals surface area contributed by atoms with Gasteiger partial charge in [0, 0.05) is 19.0 Å². The first-order valence-electron chi connectivity index (χ1n) is 7.52. The van der Waals surface area contributed by atoms with Gasteiger partial charge in [-0.15, -0.1) is 0 Å². The number of rotatable bonds is 7. The van der Waals surface area contributed by atoms with E-state index in [4.69, 9.17) is 17.0 Å². The molecular weight excluding hydrogens is 380 g/mol. The van der Waals surface area contributed by atoms with E-state index in [0.717, 1.165) is 11.8 Å². The minimum atomic E-state index is -0.547. The largest absolute Gasteiger partial charge is 0.490 e. The maximum atomic E-state index is 12.5. The minimum Gasteiger partial charge on any atom is -0.490 e. The summed E-state index contributed by atoms with van der Waals surface area (Å²) in [4.78, 5) is 36.0. The second-order valence-electron chi connectivity index (χ2n) is 5.20. The Morgan fingerprint density at radius 1 is 1.42 bits per heavy atom. The number of hydrogen-bond acceptors (Lipinski definition) is 8. The van der Waals surface area contributed by atoms with Crippen molar-refractivity contribution in [1.82, 2.24) is 4.90 Å². The van der Waals surface area contributed by atoms with Crippen molar-refractivity contribution < 1.29 is 24.0 Å². The van der Waals surface area contributed by atoms with Crippen LogP contribution in [0.2, 0.25) is 0 Å². The summed E-state index contributed by atoms with van der Waals surface area (Å²) >= 11 is 6.33. The average molecular weight is 396 g/mol. The van der Waals surface area contributed by atoms with Crippen molar-refractivity contribution in [1.29, 1.82) is 0 Å². The maximum absolute atomic E-state index is 12.5. The lowest BCUT2D eigenvalue weighted by atomic mass is 10.1. The molecule has 1 aliphatic rings. The molecule has 0 spiro atoms. The lowest BCUT2D eigenvalue weighted by Gasteiger charge is -2.13. The fourth-order valence-electron chi connectivity index (χ4n) is 2.27. The van der Waals surface area contributed by atoms with Gasteiger partial charge in [0.05, 0.1) is 24.0 Å². The van der Waals surface area contributed by atoms with E-state index in [2.05, 4.69) is 4.74 Å². The molecular formula is C16H16N2O6S2. The molecule has 0 aliphatic carbocycles. The van der Waals surface area contributed by atoms with E-state index in [0.29, 0.717) is 27.8 Å². The second kappa shape index (κ2) is 8.77. The summed E-state index contributed by atoms with van der Waals surface area (Å²) < 4.78 is 9.90. The van der Waals surface area contributed by atoms with Gasteiger partial charge in [0.15, 0.2) is 5.75 Å². The van der Waals surface area contributed by atoms with Crippen molar-refractivity contribution in [2.24, 2.45) is 0 Å². The van der Waals surface area contributed by atoms with Gasteiger partial charge in [0.25, 0.3) is 5.91 Å². The number of nitrogens with zero attached hydrogens (tertiary/aromatic N) is 2. The van der Waals surface area contributed by atoms with Gasteiger partial charge in [-0.1, -0.05) is 30.0 Å². The summed E-state index contributed by atoms with van der Waals surface area (Å²) in [7, 11) is 2.65. The Hall–Kier alpha value is -2.46. The molecule has 0 bridgehead atoms. The fraction of sp³-hybridized carbons (Fsp3) is 0.312. The number of thioether (sulfide) groups is 1. The molecule has 1 aromatic rings. The summed E-state index contributed by atoms with van der Waals surface area (Å²) in [6.07, 6.45) is 2.17. The van der Waals surface area contributed by atoms with Crippen LogP contribution in [0.3, 0.4) is 0 Å². The Morgan fingerprint density at radius 3 is 2.77 bits per heavy atom. The highest BCUT2D eigenvalue weighted by molar-refractivity contribution is 8.26. The predicted octanol–water partition coefficient (Wildman–Crippen LogP) is 2.76. The zero-order valence-electron chi connectivity index (χ0n) is 14.1. The van der Waals surface area contributed by atoms with Crippen molar-refractivity contribution in [3.05, 3.63) is 38.8 Å². The van der Waals surface area contributed by atoms with E-state index >= 15 is 0 Å². The number of nitro benzene ring substituents is 1. The monoisotopic (exact) mass is 396 g/mol. The van der Waals surface area contributed by atoms with E-state index < -0.39 is 4.92 Å². The van der Waals surface area contributed by atoms with Crippen molar-refractivity contribution in [3.8, 4) is 5.75 Å². The first kappa shape index (κ1) is 19.9. The highest BCUT2D eigenvalue weighted by Gasteiger charge is 2.31. The minimum absolute atomic E-state index is 0.141. The van der Waals surface area contributed by atoms with E-state index in [1.807, 2.05) is 0 Å². The fourth-order valence-corrected chi connectivity index (χ4v) is 3.58. The van der Waals surface area contributed by atoms with Gasteiger partial charge in [-0.3, -0.25) is 24.6 Å². The van der Waals surface area contributed by atoms with Crippen LogP contribution in [-0.2, 0) is 14.3 Å². The van der Waals surface area contributed by atoms with Crippen molar-refractivity contribution in [2.75, 3.05) is 20.8 Å². The summed E-state index contributed by atoms with van der Waals surface area (Å²) in [6, 6.07) is 4.43. The topological polar surface area (TPSA) is 99.0 Å². The third kappa shape index (κ3) is 4.58. The second-order valence-corrected chi connectivity index (χ2v) is 6.88. The number of thiocarbonyl (C=S) groups is 1. The van der Waals surface area contributed by atoms with Crippen LogP contribution in [0.1, 0.15) is 18.4 Å².